The van der Waals surface area contributed by atoms with Crippen LogP contribution >= 0.6 is 0 Å². The van der Waals surface area contributed by atoms with Gasteiger partial charge in [0, 0.05) is 12.5 Å². The lowest BCUT2D eigenvalue weighted by Crippen LogP contribution is -2.22. The zero-order valence-electron chi connectivity index (χ0n) is 9.24. The molecule has 0 fully saturated rings. The summed E-state index contributed by atoms with van der Waals surface area (Å²) in [5.74, 6) is -0.640. The van der Waals surface area contributed by atoms with Gasteiger partial charge in [-0.25, -0.2) is 4.39 Å². The minimum absolute atomic E-state index is 0.0356. The number of nitrogens with zero attached hydrogens (tertiary/aromatic N) is 1. The monoisotopic (exact) mass is 225 g/mol. The van der Waals surface area contributed by atoms with Crippen molar-refractivity contribution in [3.63, 3.8) is 0 Å². The quantitative estimate of drug-likeness (QED) is 0.713. The minimum atomic E-state index is -0.343. The van der Waals surface area contributed by atoms with Crippen LogP contribution in [-0.4, -0.2) is 17.4 Å². The van der Waals surface area contributed by atoms with Crippen LogP contribution in [-0.2, 0) is 4.79 Å². The fraction of sp³-hybridized carbons (Fsp3) is 0.455. The summed E-state index contributed by atoms with van der Waals surface area (Å²) in [4.78, 5) is 14.5. The predicted octanol–water partition coefficient (Wildman–Crippen LogP) is 1.14. The van der Waals surface area contributed by atoms with Crippen LogP contribution in [0.4, 0.5) is 4.39 Å². The van der Waals surface area contributed by atoms with Crippen molar-refractivity contribution in [3.05, 3.63) is 29.8 Å². The molecule has 0 aliphatic carbocycles. The molecule has 5 heteroatoms. The molecule has 88 valence electrons. The van der Waals surface area contributed by atoms with Gasteiger partial charge < -0.3 is 11.1 Å². The number of hydrogen-bond acceptors (Lipinski definition) is 3. The molecule has 0 aliphatic heterocycles. The minimum Gasteiger partial charge on any atom is -0.370 e. The van der Waals surface area contributed by atoms with Gasteiger partial charge in [0.15, 0.2) is 0 Å². The van der Waals surface area contributed by atoms with Crippen LogP contribution in [0.3, 0.4) is 0 Å². The van der Waals surface area contributed by atoms with E-state index in [9.17, 15) is 9.18 Å². The summed E-state index contributed by atoms with van der Waals surface area (Å²) in [5, 5.41) is 3.18. The van der Waals surface area contributed by atoms with Crippen molar-refractivity contribution >= 4 is 5.91 Å². The molecular weight excluding hydrogens is 209 g/mol. The number of pyridine rings is 1. The number of rotatable bonds is 6. The molecule has 3 N–H and O–H groups in total. The number of nitrogens with two attached hydrogens (primary N) is 1. The van der Waals surface area contributed by atoms with Gasteiger partial charge in [0.25, 0.3) is 0 Å². The summed E-state index contributed by atoms with van der Waals surface area (Å²) in [6.45, 7) is 2.62. The van der Waals surface area contributed by atoms with Crippen molar-refractivity contribution in [3.8, 4) is 0 Å². The van der Waals surface area contributed by atoms with Crippen molar-refractivity contribution in [2.24, 2.45) is 5.73 Å². The van der Waals surface area contributed by atoms with Gasteiger partial charge in [-0.1, -0.05) is 0 Å². The van der Waals surface area contributed by atoms with Gasteiger partial charge >= 0.3 is 0 Å². The highest BCUT2D eigenvalue weighted by atomic mass is 19.1. The molecule has 0 aromatic carbocycles. The number of amides is 1. The highest BCUT2D eigenvalue weighted by Gasteiger charge is 2.05. The van der Waals surface area contributed by atoms with E-state index in [-0.39, 0.29) is 17.8 Å². The lowest BCUT2D eigenvalue weighted by atomic mass is 10.2. The van der Waals surface area contributed by atoms with Crippen molar-refractivity contribution in [1.29, 1.82) is 0 Å². The van der Waals surface area contributed by atoms with Gasteiger partial charge in [0.2, 0.25) is 5.91 Å². The predicted molar refractivity (Wildman–Crippen MR) is 59.0 cm³/mol. The van der Waals surface area contributed by atoms with Crippen molar-refractivity contribution in [2.75, 3.05) is 6.54 Å². The summed E-state index contributed by atoms with van der Waals surface area (Å²) in [7, 11) is 0. The Bertz CT molecular complexity index is 340. The average Bonchev–Trinajstić information content (AvgIpc) is 2.25. The summed E-state index contributed by atoms with van der Waals surface area (Å²) in [5.41, 5.74) is 5.79. The highest BCUT2D eigenvalue weighted by Crippen LogP contribution is 2.09. The normalized spacial score (nSPS) is 12.4. The highest BCUT2D eigenvalue weighted by molar-refractivity contribution is 5.73. The van der Waals surface area contributed by atoms with E-state index in [1.54, 1.807) is 6.07 Å². The molecule has 1 amide bonds. The topological polar surface area (TPSA) is 68.0 Å². The zero-order valence-corrected chi connectivity index (χ0v) is 9.24. The third-order valence-corrected chi connectivity index (χ3v) is 2.24. The number of aromatic nitrogens is 1. The Hall–Kier alpha value is -1.49. The van der Waals surface area contributed by atoms with E-state index >= 15 is 0 Å². The molecule has 1 atom stereocenters. The number of nitrogens with one attached hydrogen (secondary N) is 1. The lowest BCUT2D eigenvalue weighted by Gasteiger charge is -2.12. The van der Waals surface area contributed by atoms with Crippen LogP contribution < -0.4 is 11.1 Å². The number of hydrogen-bond donors (Lipinski definition) is 2. The summed E-state index contributed by atoms with van der Waals surface area (Å²) < 4.78 is 12.6. The third kappa shape index (κ3) is 4.35. The smallest absolute Gasteiger partial charge is 0.217 e. The molecule has 0 bridgehead atoms. The maximum absolute atomic E-state index is 12.6. The van der Waals surface area contributed by atoms with Gasteiger partial charge in [-0.2, -0.15) is 0 Å². The first kappa shape index (κ1) is 12.6. The van der Waals surface area contributed by atoms with Crippen LogP contribution in [0.25, 0.3) is 0 Å². The number of carbonyl (C=O) groups is 1. The molecule has 1 aromatic heterocycles. The second kappa shape index (κ2) is 6.17. The number of halogens is 1. The van der Waals surface area contributed by atoms with Gasteiger partial charge in [-0.3, -0.25) is 9.78 Å². The summed E-state index contributed by atoms with van der Waals surface area (Å²) in [6.07, 6.45) is 2.26. The van der Waals surface area contributed by atoms with Gasteiger partial charge in [0.1, 0.15) is 5.82 Å². The number of carbonyl (C=O) groups excluding carboxylic acids is 1. The molecule has 1 rings (SSSR count). The maximum atomic E-state index is 12.6. The summed E-state index contributed by atoms with van der Waals surface area (Å²) in [6, 6.07) is 3.05. The molecule has 0 spiro atoms. The van der Waals surface area contributed by atoms with Crippen LogP contribution in [0, 0.1) is 5.82 Å². The Labute approximate surface area is 94.1 Å². The second-order valence-electron chi connectivity index (χ2n) is 3.65. The Balaban J connectivity index is 2.32. The molecule has 0 aliphatic rings. The van der Waals surface area contributed by atoms with E-state index in [2.05, 4.69) is 10.3 Å². The first-order valence-corrected chi connectivity index (χ1v) is 5.22. The van der Waals surface area contributed by atoms with E-state index in [0.717, 1.165) is 5.69 Å². The van der Waals surface area contributed by atoms with Gasteiger partial charge in [-0.05, 0) is 32.0 Å². The fourth-order valence-corrected chi connectivity index (χ4v) is 1.33. The molecule has 1 aromatic rings. The Morgan fingerprint density at radius 1 is 1.62 bits per heavy atom. The second-order valence-corrected chi connectivity index (χ2v) is 3.65. The number of primary amides is 1. The van der Waals surface area contributed by atoms with E-state index in [0.29, 0.717) is 19.4 Å². The SMILES string of the molecule is CC(NCCCC(N)=O)c1ccc(F)cn1. The molecule has 1 unspecified atom stereocenters. The van der Waals surface area contributed by atoms with Crippen molar-refractivity contribution in [2.45, 2.75) is 25.8 Å². The van der Waals surface area contributed by atoms with E-state index in [4.69, 9.17) is 5.73 Å². The molecular formula is C11H16FN3O. The van der Waals surface area contributed by atoms with Crippen molar-refractivity contribution in [1.82, 2.24) is 10.3 Å². The Kier molecular flexibility index (Phi) is 4.85. The lowest BCUT2D eigenvalue weighted by molar-refractivity contribution is -0.118. The van der Waals surface area contributed by atoms with Crippen LogP contribution in [0.2, 0.25) is 0 Å². The van der Waals surface area contributed by atoms with E-state index < -0.39 is 0 Å². The molecule has 1 heterocycles. The van der Waals surface area contributed by atoms with Gasteiger partial charge in [-0.15, -0.1) is 0 Å². The van der Waals surface area contributed by atoms with Crippen LogP contribution in [0.5, 0.6) is 0 Å². The summed E-state index contributed by atoms with van der Waals surface area (Å²) >= 11 is 0. The van der Waals surface area contributed by atoms with E-state index in [1.807, 2.05) is 6.92 Å². The maximum Gasteiger partial charge on any atom is 0.217 e. The third-order valence-electron chi connectivity index (χ3n) is 2.24. The van der Waals surface area contributed by atoms with Gasteiger partial charge in [0.05, 0.1) is 11.9 Å². The van der Waals surface area contributed by atoms with E-state index in [1.165, 1.54) is 12.3 Å². The molecule has 0 radical (unpaired) electrons. The van der Waals surface area contributed by atoms with Crippen LogP contribution in [0.15, 0.2) is 18.3 Å². The fourth-order valence-electron chi connectivity index (χ4n) is 1.33. The Morgan fingerprint density at radius 2 is 2.38 bits per heavy atom. The standard InChI is InChI=1S/C11H16FN3O/c1-8(14-6-2-3-11(13)16)10-5-4-9(12)7-15-10/h4-5,7-8,14H,2-3,6H2,1H3,(H2,13,16). The first-order chi connectivity index (χ1) is 7.59. The molecule has 16 heavy (non-hydrogen) atoms. The largest absolute Gasteiger partial charge is 0.370 e. The van der Waals surface area contributed by atoms with Crippen LogP contribution in [0.1, 0.15) is 31.5 Å². The zero-order chi connectivity index (χ0) is 12.0. The molecule has 0 saturated heterocycles. The molecule has 4 nitrogen and oxygen atoms in total. The Morgan fingerprint density at radius 3 is 2.94 bits per heavy atom. The average molecular weight is 225 g/mol. The van der Waals surface area contributed by atoms with Crippen molar-refractivity contribution < 1.29 is 9.18 Å². The first-order valence-electron chi connectivity index (χ1n) is 5.22. The molecule has 0 saturated carbocycles.